The second-order valence-electron chi connectivity index (χ2n) is 12.5. The molecule has 2 aromatic rings. The zero-order valence-corrected chi connectivity index (χ0v) is 23.3. The Morgan fingerprint density at radius 3 is 2.26 bits per heavy atom. The molecule has 6 rings (SSSR count). The molecule has 1 aromatic heterocycles. The monoisotopic (exact) mass is 519 g/mol. The topological polar surface area (TPSA) is 88.0 Å². The van der Waals surface area contributed by atoms with Gasteiger partial charge in [0.1, 0.15) is 5.66 Å². The second-order valence-corrected chi connectivity index (χ2v) is 12.5. The van der Waals surface area contributed by atoms with Gasteiger partial charge >= 0.3 is 0 Å². The van der Waals surface area contributed by atoms with Gasteiger partial charge < -0.3 is 5.32 Å². The molecule has 2 heterocycles. The predicted octanol–water partition coefficient (Wildman–Crippen LogP) is 6.34. The van der Waals surface area contributed by atoms with Crippen molar-refractivity contribution in [3.05, 3.63) is 35.7 Å². The lowest BCUT2D eigenvalue weighted by Crippen LogP contribution is -2.70. The summed E-state index contributed by atoms with van der Waals surface area (Å²) in [6.45, 7) is 4.59. The van der Waals surface area contributed by atoms with E-state index in [9.17, 15) is 4.79 Å². The van der Waals surface area contributed by atoms with E-state index in [1.807, 2.05) is 23.2 Å². The highest BCUT2D eigenvalue weighted by Gasteiger charge is 2.52. The molecule has 3 saturated carbocycles. The normalized spacial score (nSPS) is 32.3. The lowest BCUT2D eigenvalue weighted by molar-refractivity contribution is -0.0287. The number of rotatable bonds is 6. The van der Waals surface area contributed by atoms with Crippen LogP contribution in [0.4, 0.5) is 5.69 Å². The first kappa shape index (κ1) is 25.8. The number of hydrogen-bond donors (Lipinski definition) is 2. The number of fused-ring (bicyclic) bond motifs is 1. The third kappa shape index (κ3) is 4.52. The summed E-state index contributed by atoms with van der Waals surface area (Å²) in [7, 11) is 0. The molecule has 2 N–H and O–H groups in total. The Morgan fingerprint density at radius 1 is 0.921 bits per heavy atom. The van der Waals surface area contributed by atoms with E-state index in [1.54, 1.807) is 0 Å². The maximum Gasteiger partial charge on any atom is 0.272 e. The van der Waals surface area contributed by atoms with E-state index in [2.05, 4.69) is 45.8 Å². The van der Waals surface area contributed by atoms with Crippen molar-refractivity contribution in [2.45, 2.75) is 127 Å². The van der Waals surface area contributed by atoms with E-state index in [-0.39, 0.29) is 5.91 Å². The Balaban J connectivity index is 1.39. The van der Waals surface area contributed by atoms with Crippen molar-refractivity contribution in [3.8, 4) is 0 Å². The molecule has 1 aromatic carbocycles. The number of benzene rings is 1. The average molecular weight is 520 g/mol. The lowest BCUT2D eigenvalue weighted by Gasteiger charge is -2.54. The molecule has 0 unspecified atom stereocenters. The van der Waals surface area contributed by atoms with E-state index < -0.39 is 11.2 Å². The van der Waals surface area contributed by atoms with Crippen molar-refractivity contribution in [1.82, 2.24) is 30.6 Å². The highest BCUT2D eigenvalue weighted by molar-refractivity contribution is 6.02. The van der Waals surface area contributed by atoms with Crippen LogP contribution in [0.1, 0.15) is 132 Å². The average Bonchev–Trinajstić information content (AvgIpc) is 3.48. The van der Waals surface area contributed by atoms with E-state index in [0.717, 1.165) is 87.2 Å². The molecule has 1 aliphatic heterocycles. The minimum absolute atomic E-state index is 0.0722. The highest BCUT2D eigenvalue weighted by atomic mass is 16.2. The van der Waals surface area contributed by atoms with Crippen LogP contribution in [0.5, 0.6) is 0 Å². The van der Waals surface area contributed by atoms with Crippen molar-refractivity contribution >= 4 is 11.6 Å². The van der Waals surface area contributed by atoms with Crippen LogP contribution in [-0.4, -0.2) is 36.8 Å². The molecule has 1 amide bonds. The Bertz CT molecular complexity index is 1110. The Labute approximate surface area is 227 Å². The van der Waals surface area contributed by atoms with Crippen molar-refractivity contribution in [2.24, 2.45) is 11.8 Å². The number of hydrazine groups is 1. The molecule has 1 spiro atoms. The van der Waals surface area contributed by atoms with Gasteiger partial charge in [0.2, 0.25) is 0 Å². The zero-order chi connectivity index (χ0) is 26.2. The van der Waals surface area contributed by atoms with E-state index >= 15 is 0 Å². The fourth-order valence-corrected chi connectivity index (χ4v) is 7.73. The molecular weight excluding hydrogens is 474 g/mol. The van der Waals surface area contributed by atoms with Crippen LogP contribution in [-0.2, 0) is 5.54 Å². The third-order valence-corrected chi connectivity index (χ3v) is 10.4. The van der Waals surface area contributed by atoms with Gasteiger partial charge in [0.05, 0.1) is 17.1 Å². The number of amides is 1. The molecule has 8 nitrogen and oxygen atoms in total. The summed E-state index contributed by atoms with van der Waals surface area (Å²) < 4.78 is 2.13. The van der Waals surface area contributed by atoms with Crippen molar-refractivity contribution in [3.63, 3.8) is 0 Å². The first-order valence-corrected chi connectivity index (χ1v) is 15.4. The molecule has 0 radical (unpaired) electrons. The maximum atomic E-state index is 14.3. The van der Waals surface area contributed by atoms with Gasteiger partial charge in [-0.05, 0) is 98.6 Å². The largest absolute Gasteiger partial charge is 0.361 e. The maximum absolute atomic E-state index is 14.3. The van der Waals surface area contributed by atoms with Crippen molar-refractivity contribution in [1.29, 1.82) is 0 Å². The van der Waals surface area contributed by atoms with E-state index in [4.69, 9.17) is 5.10 Å². The number of carbonyl (C=O) groups excluding carboxylic acids is 1. The number of anilines is 1. The lowest BCUT2D eigenvalue weighted by atomic mass is 9.74. The Hall–Kier alpha value is -2.48. The van der Waals surface area contributed by atoms with Gasteiger partial charge in [0.15, 0.2) is 5.82 Å². The van der Waals surface area contributed by atoms with Crippen LogP contribution in [0.3, 0.4) is 0 Å². The van der Waals surface area contributed by atoms with Crippen LogP contribution >= 0.6 is 0 Å². The van der Waals surface area contributed by atoms with Crippen molar-refractivity contribution < 1.29 is 4.79 Å². The van der Waals surface area contributed by atoms with Gasteiger partial charge in [-0.1, -0.05) is 58.1 Å². The molecule has 8 heteroatoms. The molecule has 0 bridgehead atoms. The third-order valence-electron chi connectivity index (χ3n) is 10.4. The number of nitrogens with zero attached hydrogens (tertiary/aromatic N) is 5. The molecule has 38 heavy (non-hydrogen) atoms. The summed E-state index contributed by atoms with van der Waals surface area (Å²) >= 11 is 0. The predicted molar refractivity (Wildman–Crippen MR) is 148 cm³/mol. The van der Waals surface area contributed by atoms with Gasteiger partial charge in [-0.2, -0.15) is 0 Å². The number of tetrazole rings is 1. The Morgan fingerprint density at radius 2 is 1.58 bits per heavy atom. The van der Waals surface area contributed by atoms with Crippen LogP contribution < -0.4 is 10.7 Å². The summed E-state index contributed by atoms with van der Waals surface area (Å²) in [5.41, 5.74) is 4.75. The van der Waals surface area contributed by atoms with Crippen LogP contribution in [0.15, 0.2) is 24.3 Å². The van der Waals surface area contributed by atoms with Crippen LogP contribution in [0.25, 0.3) is 0 Å². The SMILES string of the molecule is CCC1CCC(NN2C(=O)c3ccccc3NC23CCC(CC)CC3)(c2nnnn2C2CCCCC2)CC1. The highest BCUT2D eigenvalue weighted by Crippen LogP contribution is 2.46. The smallest absolute Gasteiger partial charge is 0.272 e. The molecule has 0 saturated heterocycles. The number of para-hydroxylation sites is 1. The first-order valence-electron chi connectivity index (χ1n) is 15.4. The van der Waals surface area contributed by atoms with Gasteiger partial charge in [0, 0.05) is 5.69 Å². The second kappa shape index (κ2) is 10.6. The zero-order valence-electron chi connectivity index (χ0n) is 23.3. The van der Waals surface area contributed by atoms with Crippen LogP contribution in [0.2, 0.25) is 0 Å². The van der Waals surface area contributed by atoms with Gasteiger partial charge in [0.25, 0.3) is 5.91 Å². The summed E-state index contributed by atoms with van der Waals surface area (Å²) in [5, 5.41) is 19.4. The molecular formula is C30H45N7O. The summed E-state index contributed by atoms with van der Waals surface area (Å²) in [5.74, 6) is 2.45. The van der Waals surface area contributed by atoms with E-state index in [0.29, 0.717) is 12.0 Å². The van der Waals surface area contributed by atoms with Gasteiger partial charge in [-0.15, -0.1) is 5.10 Å². The first-order chi connectivity index (χ1) is 18.6. The summed E-state index contributed by atoms with van der Waals surface area (Å²) in [4.78, 5) is 14.3. The number of carbonyl (C=O) groups is 1. The number of nitrogens with one attached hydrogen (secondary N) is 2. The van der Waals surface area contributed by atoms with Gasteiger partial charge in [-0.3, -0.25) is 4.79 Å². The summed E-state index contributed by atoms with van der Waals surface area (Å²) in [6, 6.07) is 8.36. The minimum Gasteiger partial charge on any atom is -0.361 e. The standard InChI is InChI=1S/C30H45N7O/c1-3-22-14-18-29(19-15-22,28-32-34-35-36(28)24-10-6-5-7-11-24)33-37-27(38)25-12-8-9-13-26(25)31-30(37)20-16-23(4-2)17-21-30/h8-9,12-13,22-24,31,33H,3-7,10-11,14-21H2,1-2H3. The molecule has 206 valence electrons. The van der Waals surface area contributed by atoms with Crippen molar-refractivity contribution in [2.75, 3.05) is 5.32 Å². The fraction of sp³-hybridized carbons (Fsp3) is 0.733. The van der Waals surface area contributed by atoms with Crippen LogP contribution in [0, 0.1) is 11.8 Å². The molecule has 4 aliphatic rings. The summed E-state index contributed by atoms with van der Waals surface area (Å²) in [6.07, 6.45) is 16.7. The quantitative estimate of drug-likeness (QED) is 0.463. The van der Waals surface area contributed by atoms with Gasteiger partial charge in [-0.25, -0.2) is 15.1 Å². The fourth-order valence-electron chi connectivity index (χ4n) is 7.73. The number of hydrogen-bond acceptors (Lipinski definition) is 6. The Kier molecular flexibility index (Phi) is 7.18. The number of aromatic nitrogens is 4. The molecule has 3 aliphatic carbocycles. The molecule has 0 atom stereocenters. The van der Waals surface area contributed by atoms with E-state index in [1.165, 1.54) is 32.1 Å². The molecule has 3 fully saturated rings. The minimum atomic E-state index is -0.454.